The van der Waals surface area contributed by atoms with Crippen molar-refractivity contribution in [3.8, 4) is 0 Å². The lowest BCUT2D eigenvalue weighted by Gasteiger charge is -2.35. The van der Waals surface area contributed by atoms with E-state index in [0.717, 1.165) is 25.7 Å². The zero-order chi connectivity index (χ0) is 23.3. The molecule has 2 aliphatic carbocycles. The number of amides is 1. The number of aliphatic hydroxyl groups excluding tert-OH is 1. The second-order valence-corrected chi connectivity index (χ2v) is 11.0. The molecule has 0 saturated heterocycles. The molecule has 1 unspecified atom stereocenters. The Morgan fingerprint density at radius 1 is 1.09 bits per heavy atom. The van der Waals surface area contributed by atoms with Gasteiger partial charge < -0.3 is 10.4 Å². The van der Waals surface area contributed by atoms with E-state index in [1.54, 1.807) is 0 Å². The van der Waals surface area contributed by atoms with Gasteiger partial charge in [-0.3, -0.25) is 9.59 Å². The molecule has 3 rings (SSSR count). The Balaban J connectivity index is 1.37. The summed E-state index contributed by atoms with van der Waals surface area (Å²) in [5, 5.41) is 12.5. The van der Waals surface area contributed by atoms with Crippen LogP contribution in [-0.4, -0.2) is 28.9 Å². The van der Waals surface area contributed by atoms with E-state index in [-0.39, 0.29) is 23.3 Å². The molecular weight excluding hydrogens is 429 g/mol. The summed E-state index contributed by atoms with van der Waals surface area (Å²) >= 11 is 5.85. The second-order valence-electron chi connectivity index (χ2n) is 10.6. The topological polar surface area (TPSA) is 66.4 Å². The minimum atomic E-state index is -0.559. The van der Waals surface area contributed by atoms with Gasteiger partial charge in [-0.05, 0) is 94.2 Å². The summed E-state index contributed by atoms with van der Waals surface area (Å²) in [5.74, 6) is 2.32. The van der Waals surface area contributed by atoms with Crippen LogP contribution < -0.4 is 5.32 Å². The van der Waals surface area contributed by atoms with Crippen molar-refractivity contribution < 1.29 is 19.1 Å². The molecule has 0 aromatic heterocycles. The molecule has 2 saturated carbocycles. The largest absolute Gasteiger partial charge is 0.394 e. The monoisotopic (exact) mass is 465 g/mol. The average Bonchev–Trinajstić information content (AvgIpc) is 2.96. The van der Waals surface area contributed by atoms with Crippen molar-refractivity contribution in [3.05, 3.63) is 34.6 Å². The molecule has 2 N–H and O–H groups in total. The number of rotatable bonds is 11. The summed E-state index contributed by atoms with van der Waals surface area (Å²) in [6.45, 7) is 3.61. The second kappa shape index (κ2) is 11.1. The summed E-state index contributed by atoms with van der Waals surface area (Å²) in [6.07, 6.45) is 9.91. The Hall–Kier alpha value is -1.46. The number of hydrogen-bond donors (Lipinski definition) is 2. The van der Waals surface area contributed by atoms with Gasteiger partial charge in [0.25, 0.3) is 0 Å². The quantitative estimate of drug-likeness (QED) is 0.314. The molecule has 32 heavy (non-hydrogen) atoms. The maximum atomic E-state index is 13.4. The van der Waals surface area contributed by atoms with Gasteiger partial charge in [0.15, 0.2) is 5.78 Å². The molecule has 0 radical (unpaired) electrons. The fraction of sp³-hybridized carbons (Fsp3) is 0.692. The number of aliphatic hydroxyl groups is 1. The molecule has 0 aliphatic heterocycles. The molecule has 2 bridgehead atoms. The Morgan fingerprint density at radius 3 is 2.41 bits per heavy atom. The van der Waals surface area contributed by atoms with Crippen LogP contribution in [0.1, 0.15) is 88.4 Å². The van der Waals surface area contributed by atoms with Crippen molar-refractivity contribution >= 4 is 23.3 Å². The van der Waals surface area contributed by atoms with Crippen molar-refractivity contribution in [2.24, 2.45) is 23.7 Å². The molecule has 0 heterocycles. The Morgan fingerprint density at radius 2 is 1.78 bits per heavy atom. The van der Waals surface area contributed by atoms with E-state index in [0.29, 0.717) is 42.1 Å². The van der Waals surface area contributed by atoms with Gasteiger partial charge in [0, 0.05) is 23.4 Å². The number of benzene rings is 1. The van der Waals surface area contributed by atoms with E-state index in [2.05, 4.69) is 5.32 Å². The summed E-state index contributed by atoms with van der Waals surface area (Å²) < 4.78 is 13.4. The Kier molecular flexibility index (Phi) is 8.74. The molecule has 4 nitrogen and oxygen atoms in total. The lowest BCUT2D eigenvalue weighted by Crippen LogP contribution is -2.46. The van der Waals surface area contributed by atoms with Crippen LogP contribution in [0.5, 0.6) is 0 Å². The van der Waals surface area contributed by atoms with Crippen LogP contribution in [0.2, 0.25) is 5.02 Å². The minimum Gasteiger partial charge on any atom is -0.394 e. The average molecular weight is 466 g/mol. The zero-order valence-corrected chi connectivity index (χ0v) is 20.1. The molecule has 4 atom stereocenters. The first-order valence-electron chi connectivity index (χ1n) is 12.1. The number of nitrogens with one attached hydrogen (secondary N) is 1. The highest BCUT2D eigenvalue weighted by molar-refractivity contribution is 6.31. The van der Waals surface area contributed by atoms with Crippen LogP contribution in [0, 0.1) is 29.5 Å². The van der Waals surface area contributed by atoms with Crippen LogP contribution in [0.3, 0.4) is 0 Å². The number of fused-ring (bicyclic) bond motifs is 2. The third kappa shape index (κ3) is 7.02. The maximum Gasteiger partial charge on any atom is 0.220 e. The minimum absolute atomic E-state index is 0.0369. The van der Waals surface area contributed by atoms with Gasteiger partial charge in [0.2, 0.25) is 5.91 Å². The van der Waals surface area contributed by atoms with Gasteiger partial charge >= 0.3 is 0 Å². The van der Waals surface area contributed by atoms with Gasteiger partial charge in [0.1, 0.15) is 5.82 Å². The number of hydrogen-bond acceptors (Lipinski definition) is 3. The van der Waals surface area contributed by atoms with E-state index in [1.165, 1.54) is 43.9 Å². The van der Waals surface area contributed by atoms with Gasteiger partial charge in [-0.1, -0.05) is 24.4 Å². The number of Topliss-reactive ketones (excluding diaryl/α,β-unsaturated/α-hetero) is 1. The van der Waals surface area contributed by atoms with Gasteiger partial charge in [-0.25, -0.2) is 4.39 Å². The maximum absolute atomic E-state index is 13.4. The molecule has 2 fully saturated rings. The molecule has 0 spiro atoms. The fourth-order valence-corrected chi connectivity index (χ4v) is 6.06. The summed E-state index contributed by atoms with van der Waals surface area (Å²) in [7, 11) is 0. The van der Waals surface area contributed by atoms with E-state index >= 15 is 0 Å². The van der Waals surface area contributed by atoms with Crippen molar-refractivity contribution in [3.63, 3.8) is 0 Å². The fourth-order valence-electron chi connectivity index (χ4n) is 5.84. The van der Waals surface area contributed by atoms with Gasteiger partial charge in [0.05, 0.1) is 12.1 Å². The predicted octanol–water partition coefficient (Wildman–Crippen LogP) is 5.94. The number of halogens is 2. The molecule has 6 heteroatoms. The molecule has 1 aromatic carbocycles. The summed E-state index contributed by atoms with van der Waals surface area (Å²) in [4.78, 5) is 24.6. The number of unbranched alkanes of at least 4 members (excludes halogenated alkanes) is 1. The number of ketones is 1. The highest BCUT2D eigenvalue weighted by atomic mass is 35.5. The third-order valence-corrected chi connectivity index (χ3v) is 7.64. The number of carbonyl (C=O) groups is 2. The number of carbonyl (C=O) groups excluding carboxylic acids is 2. The van der Waals surface area contributed by atoms with Gasteiger partial charge in [-0.15, -0.1) is 0 Å². The van der Waals surface area contributed by atoms with E-state index in [4.69, 9.17) is 11.6 Å². The lowest BCUT2D eigenvalue weighted by molar-refractivity contribution is -0.123. The van der Waals surface area contributed by atoms with Crippen LogP contribution in [0.15, 0.2) is 18.2 Å². The lowest BCUT2D eigenvalue weighted by atomic mass is 9.70. The first kappa shape index (κ1) is 25.2. The van der Waals surface area contributed by atoms with Crippen molar-refractivity contribution in [1.82, 2.24) is 5.32 Å². The van der Waals surface area contributed by atoms with Gasteiger partial charge in [-0.2, -0.15) is 0 Å². The van der Waals surface area contributed by atoms with Crippen LogP contribution in [0.4, 0.5) is 4.39 Å². The highest BCUT2D eigenvalue weighted by Crippen LogP contribution is 2.51. The first-order chi connectivity index (χ1) is 15.2. The Labute approximate surface area is 196 Å². The molecule has 178 valence electrons. The van der Waals surface area contributed by atoms with Crippen molar-refractivity contribution in [2.75, 3.05) is 6.61 Å². The van der Waals surface area contributed by atoms with E-state index in [9.17, 15) is 19.1 Å². The van der Waals surface area contributed by atoms with E-state index < -0.39 is 11.4 Å². The Bertz CT molecular complexity index is 778. The summed E-state index contributed by atoms with van der Waals surface area (Å²) in [6, 6.07) is 4.01. The predicted molar refractivity (Wildman–Crippen MR) is 125 cm³/mol. The highest BCUT2D eigenvalue weighted by Gasteiger charge is 2.42. The van der Waals surface area contributed by atoms with Crippen LogP contribution in [-0.2, 0) is 4.79 Å². The SMILES string of the molecule is CC(C)(CO)NC(=O)CCC1[C@@H]2CC[C@H]1C[C@H](CCCCC(=O)c1cc(F)cc(Cl)c1)C2. The standard InChI is InChI=1S/C26H37ClFNO3/c1-26(2,16-30)29-25(32)10-9-23-18-7-8-19(23)12-17(11-18)5-3-4-6-24(31)20-13-21(27)15-22(28)14-20/h13-15,17-19,23,30H,3-12,16H2,1-2H3,(H,29,32)/t17-,18-,19+,23?. The smallest absolute Gasteiger partial charge is 0.220 e. The van der Waals surface area contributed by atoms with Crippen molar-refractivity contribution in [2.45, 2.75) is 83.6 Å². The van der Waals surface area contributed by atoms with Crippen LogP contribution in [0.25, 0.3) is 0 Å². The molecule has 2 aliphatic rings. The van der Waals surface area contributed by atoms with Crippen molar-refractivity contribution in [1.29, 1.82) is 0 Å². The molecular formula is C26H37ClFNO3. The summed E-state index contributed by atoms with van der Waals surface area (Å²) in [5.41, 5.74) is -0.198. The van der Waals surface area contributed by atoms with E-state index in [1.807, 2.05) is 13.8 Å². The van der Waals surface area contributed by atoms with Crippen LogP contribution >= 0.6 is 11.6 Å². The molecule has 1 aromatic rings. The third-order valence-electron chi connectivity index (χ3n) is 7.42. The first-order valence-corrected chi connectivity index (χ1v) is 12.5. The molecule has 1 amide bonds. The normalized spacial score (nSPS) is 25.0. The zero-order valence-electron chi connectivity index (χ0n) is 19.3.